The molecular weight excluding hydrogens is 124 g/mol. The summed E-state index contributed by atoms with van der Waals surface area (Å²) in [6.07, 6.45) is 8.63. The Morgan fingerprint density at radius 1 is 1.50 bits per heavy atom. The normalized spacial score (nSPS) is 20.4. The third kappa shape index (κ3) is 1.69. The first-order chi connectivity index (χ1) is 4.84. The van der Waals surface area contributed by atoms with Gasteiger partial charge in [0.15, 0.2) is 0 Å². The molecule has 0 radical (unpaired) electrons. The molecule has 0 heterocycles. The molecule has 56 valence electrons. The molecule has 1 aliphatic rings. The third-order valence-corrected chi connectivity index (χ3v) is 1.71. The van der Waals surface area contributed by atoms with Crippen molar-refractivity contribution in [2.75, 3.05) is 6.54 Å². The molecule has 2 nitrogen and oxygen atoms in total. The van der Waals surface area contributed by atoms with Crippen molar-refractivity contribution in [2.45, 2.75) is 18.9 Å². The third-order valence-electron chi connectivity index (χ3n) is 1.71. The Morgan fingerprint density at radius 3 is 2.80 bits per heavy atom. The summed E-state index contributed by atoms with van der Waals surface area (Å²) in [4.78, 5) is 0. The molecule has 0 aromatic rings. The van der Waals surface area contributed by atoms with Crippen molar-refractivity contribution >= 4 is 0 Å². The van der Waals surface area contributed by atoms with Crippen molar-refractivity contribution in [1.29, 1.82) is 0 Å². The second-order valence-electron chi connectivity index (χ2n) is 2.53. The predicted octanol–water partition coefficient (Wildman–Crippen LogP) is 0.549. The molecule has 2 heteroatoms. The van der Waals surface area contributed by atoms with Gasteiger partial charge in [0.2, 0.25) is 0 Å². The summed E-state index contributed by atoms with van der Waals surface area (Å²) in [6, 6.07) is 0.0385. The average molecular weight is 138 g/mol. The predicted molar refractivity (Wildman–Crippen MR) is 43.5 cm³/mol. The van der Waals surface area contributed by atoms with E-state index in [9.17, 15) is 0 Å². The van der Waals surface area contributed by atoms with Gasteiger partial charge in [-0.3, -0.25) is 0 Å². The molecule has 4 N–H and O–H groups in total. The van der Waals surface area contributed by atoms with Crippen LogP contribution < -0.4 is 11.5 Å². The molecule has 1 unspecified atom stereocenters. The van der Waals surface area contributed by atoms with Crippen molar-refractivity contribution in [2.24, 2.45) is 11.5 Å². The molecule has 10 heavy (non-hydrogen) atoms. The highest BCUT2D eigenvalue weighted by Crippen LogP contribution is 2.10. The fraction of sp³-hybridized carbons (Fsp3) is 0.500. The van der Waals surface area contributed by atoms with Gasteiger partial charge >= 0.3 is 0 Å². The van der Waals surface area contributed by atoms with Gasteiger partial charge in [-0.05, 0) is 18.4 Å². The fourth-order valence-electron chi connectivity index (χ4n) is 1.04. The van der Waals surface area contributed by atoms with Crippen molar-refractivity contribution in [3.63, 3.8) is 0 Å². The molecule has 0 aromatic carbocycles. The Balaban J connectivity index is 2.54. The largest absolute Gasteiger partial charge is 0.329 e. The van der Waals surface area contributed by atoms with Crippen LogP contribution in [0.4, 0.5) is 0 Å². The van der Waals surface area contributed by atoms with E-state index in [1.807, 2.05) is 0 Å². The molecule has 0 spiro atoms. The van der Waals surface area contributed by atoms with E-state index in [0.717, 1.165) is 12.8 Å². The maximum absolute atomic E-state index is 5.70. The van der Waals surface area contributed by atoms with Crippen LogP contribution in [0.15, 0.2) is 23.8 Å². The standard InChI is InChI=1S/C8H14N2/c9-6-8(10)7-4-2-1-3-5-7/h2,4-5,8H,1,3,6,9-10H2. The molecule has 0 bridgehead atoms. The van der Waals surface area contributed by atoms with E-state index in [1.54, 1.807) is 0 Å². The van der Waals surface area contributed by atoms with Gasteiger partial charge in [0.25, 0.3) is 0 Å². The van der Waals surface area contributed by atoms with Crippen LogP contribution in [-0.4, -0.2) is 12.6 Å². The maximum atomic E-state index is 5.70. The second-order valence-corrected chi connectivity index (χ2v) is 2.53. The average Bonchev–Trinajstić information content (AvgIpc) is 2.05. The highest BCUT2D eigenvalue weighted by molar-refractivity contribution is 5.27. The van der Waals surface area contributed by atoms with Crippen molar-refractivity contribution < 1.29 is 0 Å². The zero-order chi connectivity index (χ0) is 7.40. The van der Waals surface area contributed by atoms with Gasteiger partial charge in [0.05, 0.1) is 0 Å². The van der Waals surface area contributed by atoms with E-state index in [-0.39, 0.29) is 6.04 Å². The van der Waals surface area contributed by atoms with Crippen LogP contribution in [0.1, 0.15) is 12.8 Å². The minimum Gasteiger partial charge on any atom is -0.329 e. The first-order valence-electron chi connectivity index (χ1n) is 3.67. The lowest BCUT2D eigenvalue weighted by Gasteiger charge is -2.12. The van der Waals surface area contributed by atoms with E-state index < -0.39 is 0 Å². The van der Waals surface area contributed by atoms with E-state index in [1.165, 1.54) is 5.57 Å². The number of nitrogens with two attached hydrogens (primary N) is 2. The lowest BCUT2D eigenvalue weighted by atomic mass is 10.0. The molecular formula is C8H14N2. The molecule has 1 rings (SSSR count). The van der Waals surface area contributed by atoms with Gasteiger partial charge in [-0.15, -0.1) is 0 Å². The van der Waals surface area contributed by atoms with Crippen LogP contribution in [0.3, 0.4) is 0 Å². The van der Waals surface area contributed by atoms with Crippen molar-refractivity contribution in [3.05, 3.63) is 23.8 Å². The van der Waals surface area contributed by atoms with Gasteiger partial charge < -0.3 is 11.5 Å². The lowest BCUT2D eigenvalue weighted by molar-refractivity contribution is 0.780. The van der Waals surface area contributed by atoms with Crippen LogP contribution >= 0.6 is 0 Å². The monoisotopic (exact) mass is 138 g/mol. The Bertz CT molecular complexity index is 159. The number of hydrogen-bond acceptors (Lipinski definition) is 2. The number of hydrogen-bond donors (Lipinski definition) is 2. The molecule has 1 aliphatic carbocycles. The summed E-state index contributed by atoms with van der Waals surface area (Å²) in [6.45, 7) is 0.538. The van der Waals surface area contributed by atoms with Gasteiger partial charge in [-0.2, -0.15) is 0 Å². The highest BCUT2D eigenvalue weighted by Gasteiger charge is 2.04. The topological polar surface area (TPSA) is 52.0 Å². The summed E-state index contributed by atoms with van der Waals surface area (Å²) in [5.74, 6) is 0. The first kappa shape index (κ1) is 7.51. The lowest BCUT2D eigenvalue weighted by Crippen LogP contribution is -2.31. The first-order valence-corrected chi connectivity index (χ1v) is 3.67. The molecule has 0 amide bonds. The minimum absolute atomic E-state index is 0.0385. The summed E-state index contributed by atoms with van der Waals surface area (Å²) < 4.78 is 0. The minimum atomic E-state index is 0.0385. The number of allylic oxidation sites excluding steroid dienone is 2. The van der Waals surface area contributed by atoms with Crippen LogP contribution in [0.2, 0.25) is 0 Å². The van der Waals surface area contributed by atoms with E-state index in [2.05, 4.69) is 18.2 Å². The fourth-order valence-corrected chi connectivity index (χ4v) is 1.04. The molecule has 1 atom stereocenters. The Kier molecular flexibility index (Phi) is 2.66. The Labute approximate surface area is 61.6 Å². The van der Waals surface area contributed by atoms with Gasteiger partial charge in [-0.1, -0.05) is 18.2 Å². The van der Waals surface area contributed by atoms with Gasteiger partial charge in [-0.25, -0.2) is 0 Å². The van der Waals surface area contributed by atoms with Gasteiger partial charge in [0.1, 0.15) is 0 Å². The zero-order valence-electron chi connectivity index (χ0n) is 6.09. The van der Waals surface area contributed by atoms with E-state index in [4.69, 9.17) is 11.5 Å². The highest BCUT2D eigenvalue weighted by atomic mass is 14.7. The second kappa shape index (κ2) is 3.54. The smallest absolute Gasteiger partial charge is 0.0416 e. The SMILES string of the molecule is NCC(N)C1=CCCC=C1. The van der Waals surface area contributed by atoms with Crippen molar-refractivity contribution in [3.8, 4) is 0 Å². The molecule has 0 aliphatic heterocycles. The summed E-state index contributed by atoms with van der Waals surface area (Å²) >= 11 is 0. The van der Waals surface area contributed by atoms with Crippen molar-refractivity contribution in [1.82, 2.24) is 0 Å². The van der Waals surface area contributed by atoms with E-state index >= 15 is 0 Å². The quantitative estimate of drug-likeness (QED) is 0.585. The van der Waals surface area contributed by atoms with Crippen LogP contribution in [0.5, 0.6) is 0 Å². The molecule has 0 saturated carbocycles. The van der Waals surface area contributed by atoms with Crippen LogP contribution in [0, 0.1) is 0 Å². The molecule has 0 saturated heterocycles. The summed E-state index contributed by atoms with van der Waals surface area (Å²) in [5, 5.41) is 0. The van der Waals surface area contributed by atoms with E-state index in [0.29, 0.717) is 6.54 Å². The zero-order valence-corrected chi connectivity index (χ0v) is 6.09. The van der Waals surface area contributed by atoms with Crippen LogP contribution in [-0.2, 0) is 0 Å². The summed E-state index contributed by atoms with van der Waals surface area (Å²) in [7, 11) is 0. The Hall–Kier alpha value is -0.600. The van der Waals surface area contributed by atoms with Gasteiger partial charge in [0, 0.05) is 12.6 Å². The molecule has 0 fully saturated rings. The maximum Gasteiger partial charge on any atom is 0.0416 e. The summed E-state index contributed by atoms with van der Waals surface area (Å²) in [5.41, 5.74) is 12.3. The molecule has 0 aromatic heterocycles. The number of rotatable bonds is 2. The van der Waals surface area contributed by atoms with Crippen LogP contribution in [0.25, 0.3) is 0 Å². The Morgan fingerprint density at radius 2 is 2.30 bits per heavy atom.